The summed E-state index contributed by atoms with van der Waals surface area (Å²) in [7, 11) is 0. The Morgan fingerprint density at radius 1 is 1.25 bits per heavy atom. The van der Waals surface area contributed by atoms with E-state index in [1.165, 1.54) is 28.9 Å². The van der Waals surface area contributed by atoms with Gasteiger partial charge >= 0.3 is 0 Å². The van der Waals surface area contributed by atoms with Gasteiger partial charge < -0.3 is 10.2 Å². The number of likely N-dealkylation sites (tertiary alicyclic amines) is 1. The van der Waals surface area contributed by atoms with Crippen molar-refractivity contribution in [2.45, 2.75) is 44.4 Å². The molecule has 1 aromatic rings. The van der Waals surface area contributed by atoms with E-state index in [-0.39, 0.29) is 11.8 Å². The van der Waals surface area contributed by atoms with E-state index in [0.717, 1.165) is 50.7 Å². The highest BCUT2D eigenvalue weighted by Crippen LogP contribution is 2.28. The first kappa shape index (κ1) is 17.8. The Bertz CT molecular complexity index is 571. The molecule has 1 heterocycles. The van der Waals surface area contributed by atoms with Gasteiger partial charge in [0.25, 0.3) is 0 Å². The molecule has 3 nitrogen and oxygen atoms in total. The molecule has 2 aliphatic rings. The summed E-state index contributed by atoms with van der Waals surface area (Å²) < 4.78 is 0. The van der Waals surface area contributed by atoms with E-state index < -0.39 is 0 Å². The summed E-state index contributed by atoms with van der Waals surface area (Å²) in [5, 5.41) is 3.16. The molecule has 0 bridgehead atoms. The number of benzene rings is 1. The van der Waals surface area contributed by atoms with Crippen LogP contribution in [0.2, 0.25) is 0 Å². The first-order valence-corrected chi connectivity index (χ1v) is 10.3. The second-order valence-electron chi connectivity index (χ2n) is 7.42. The Balaban J connectivity index is 1.39. The summed E-state index contributed by atoms with van der Waals surface area (Å²) in [6, 6.07) is 6.71. The van der Waals surface area contributed by atoms with Crippen molar-refractivity contribution < 1.29 is 4.79 Å². The normalized spacial score (nSPS) is 21.7. The molecule has 132 valence electrons. The summed E-state index contributed by atoms with van der Waals surface area (Å²) in [5.74, 6) is 2.35. The molecule has 1 aliphatic carbocycles. The molecule has 1 unspecified atom stereocenters. The molecule has 1 atom stereocenters. The maximum atomic E-state index is 12.3. The number of nitrogens with one attached hydrogen (secondary N) is 1. The van der Waals surface area contributed by atoms with Crippen LogP contribution in [0.15, 0.2) is 23.1 Å². The SMILES string of the molecule is Cc1ccc(SCCN2CCCC(C(=O)NCC3CC3)C2)cc1C. The molecule has 1 amide bonds. The lowest BCUT2D eigenvalue weighted by molar-refractivity contribution is -0.126. The lowest BCUT2D eigenvalue weighted by atomic mass is 9.97. The fourth-order valence-electron chi connectivity index (χ4n) is 3.28. The van der Waals surface area contributed by atoms with Crippen LogP contribution in [0.1, 0.15) is 36.8 Å². The maximum Gasteiger partial charge on any atom is 0.224 e. The van der Waals surface area contributed by atoms with E-state index in [9.17, 15) is 4.79 Å². The van der Waals surface area contributed by atoms with Gasteiger partial charge in [-0.05, 0) is 75.3 Å². The number of nitrogens with zero attached hydrogens (tertiary/aromatic N) is 1. The van der Waals surface area contributed by atoms with Gasteiger partial charge in [0, 0.05) is 30.3 Å². The smallest absolute Gasteiger partial charge is 0.224 e. The van der Waals surface area contributed by atoms with Crippen LogP contribution in [0.25, 0.3) is 0 Å². The molecular formula is C20H30N2OS. The molecule has 1 saturated heterocycles. The van der Waals surface area contributed by atoms with Gasteiger partial charge in [0.2, 0.25) is 5.91 Å². The largest absolute Gasteiger partial charge is 0.356 e. The summed E-state index contributed by atoms with van der Waals surface area (Å²) in [6.45, 7) is 8.38. The first-order valence-electron chi connectivity index (χ1n) is 9.32. The van der Waals surface area contributed by atoms with Gasteiger partial charge in [0.05, 0.1) is 5.92 Å². The second-order valence-corrected chi connectivity index (χ2v) is 8.59. The second kappa shape index (κ2) is 8.39. The van der Waals surface area contributed by atoms with E-state index in [2.05, 4.69) is 42.3 Å². The third kappa shape index (κ3) is 5.25. The van der Waals surface area contributed by atoms with Crippen LogP contribution in [0.4, 0.5) is 0 Å². The fraction of sp³-hybridized carbons (Fsp3) is 0.650. The topological polar surface area (TPSA) is 32.3 Å². The van der Waals surface area contributed by atoms with Crippen molar-refractivity contribution in [2.24, 2.45) is 11.8 Å². The van der Waals surface area contributed by atoms with Crippen molar-refractivity contribution in [1.82, 2.24) is 10.2 Å². The highest BCUT2D eigenvalue weighted by molar-refractivity contribution is 7.99. The van der Waals surface area contributed by atoms with Crippen molar-refractivity contribution in [1.29, 1.82) is 0 Å². The van der Waals surface area contributed by atoms with Gasteiger partial charge in [0.1, 0.15) is 0 Å². The Morgan fingerprint density at radius 2 is 2.08 bits per heavy atom. The van der Waals surface area contributed by atoms with Crippen LogP contribution in [-0.4, -0.2) is 42.7 Å². The van der Waals surface area contributed by atoms with E-state index >= 15 is 0 Å². The Kier molecular flexibility index (Phi) is 6.23. The van der Waals surface area contributed by atoms with Crippen molar-refractivity contribution in [3.8, 4) is 0 Å². The van der Waals surface area contributed by atoms with Crippen LogP contribution < -0.4 is 5.32 Å². The summed E-state index contributed by atoms with van der Waals surface area (Å²) in [4.78, 5) is 16.1. The molecule has 0 spiro atoms. The molecule has 3 rings (SSSR count). The molecule has 0 radical (unpaired) electrons. The van der Waals surface area contributed by atoms with Crippen LogP contribution in [-0.2, 0) is 4.79 Å². The number of hydrogen-bond acceptors (Lipinski definition) is 3. The predicted octanol–water partition coefficient (Wildman–Crippen LogP) is 3.63. The minimum absolute atomic E-state index is 0.198. The van der Waals surface area contributed by atoms with Crippen molar-refractivity contribution in [3.05, 3.63) is 29.3 Å². The van der Waals surface area contributed by atoms with E-state index in [4.69, 9.17) is 0 Å². The van der Waals surface area contributed by atoms with E-state index in [1.54, 1.807) is 0 Å². The van der Waals surface area contributed by atoms with Gasteiger partial charge in [0.15, 0.2) is 0 Å². The van der Waals surface area contributed by atoms with Crippen LogP contribution in [0.5, 0.6) is 0 Å². The zero-order chi connectivity index (χ0) is 16.9. The fourth-order valence-corrected chi connectivity index (χ4v) is 4.29. The molecule has 4 heteroatoms. The van der Waals surface area contributed by atoms with Gasteiger partial charge in [-0.15, -0.1) is 11.8 Å². The molecule has 24 heavy (non-hydrogen) atoms. The minimum Gasteiger partial charge on any atom is -0.356 e. The molecule has 1 saturated carbocycles. The quantitative estimate of drug-likeness (QED) is 0.765. The average molecular weight is 347 g/mol. The molecule has 0 aromatic heterocycles. The standard InChI is InChI=1S/C20H30N2OS/c1-15-5-8-19(12-16(15)2)24-11-10-22-9-3-4-18(14-22)20(23)21-13-17-6-7-17/h5,8,12,17-18H,3-4,6-7,9-11,13-14H2,1-2H3,(H,21,23). The van der Waals surface area contributed by atoms with Gasteiger partial charge in [-0.1, -0.05) is 6.07 Å². The highest BCUT2D eigenvalue weighted by atomic mass is 32.2. The zero-order valence-corrected chi connectivity index (χ0v) is 15.8. The monoisotopic (exact) mass is 346 g/mol. The predicted molar refractivity (Wildman–Crippen MR) is 102 cm³/mol. The van der Waals surface area contributed by atoms with Crippen molar-refractivity contribution in [3.63, 3.8) is 0 Å². The third-order valence-corrected chi connectivity index (χ3v) is 6.27. The number of amides is 1. The Labute approximate surface area is 150 Å². The van der Waals surface area contributed by atoms with Gasteiger partial charge in [-0.3, -0.25) is 4.79 Å². The summed E-state index contributed by atoms with van der Waals surface area (Å²) in [6.07, 6.45) is 4.80. The van der Waals surface area contributed by atoms with Crippen LogP contribution in [0, 0.1) is 25.7 Å². The number of piperidine rings is 1. The van der Waals surface area contributed by atoms with Crippen molar-refractivity contribution >= 4 is 17.7 Å². The number of hydrogen-bond donors (Lipinski definition) is 1. The molecule has 1 N–H and O–H groups in total. The number of carbonyl (C=O) groups is 1. The molecular weight excluding hydrogens is 316 g/mol. The van der Waals surface area contributed by atoms with Crippen LogP contribution in [0.3, 0.4) is 0 Å². The van der Waals surface area contributed by atoms with Gasteiger partial charge in [-0.25, -0.2) is 0 Å². The average Bonchev–Trinajstić information content (AvgIpc) is 3.40. The molecule has 1 aromatic carbocycles. The zero-order valence-electron chi connectivity index (χ0n) is 15.0. The van der Waals surface area contributed by atoms with Gasteiger partial charge in [-0.2, -0.15) is 0 Å². The molecule has 2 fully saturated rings. The summed E-state index contributed by atoms with van der Waals surface area (Å²) in [5.41, 5.74) is 2.72. The number of thioether (sulfide) groups is 1. The number of aryl methyl sites for hydroxylation is 2. The lowest BCUT2D eigenvalue weighted by Crippen LogP contribution is -2.44. The number of carbonyl (C=O) groups excluding carboxylic acids is 1. The first-order chi connectivity index (χ1) is 11.6. The Morgan fingerprint density at radius 3 is 2.83 bits per heavy atom. The lowest BCUT2D eigenvalue weighted by Gasteiger charge is -2.31. The maximum absolute atomic E-state index is 12.3. The summed E-state index contributed by atoms with van der Waals surface area (Å²) >= 11 is 1.93. The highest BCUT2D eigenvalue weighted by Gasteiger charge is 2.27. The van der Waals surface area contributed by atoms with Crippen molar-refractivity contribution in [2.75, 3.05) is 31.9 Å². The van der Waals surface area contributed by atoms with Crippen LogP contribution >= 0.6 is 11.8 Å². The van der Waals surface area contributed by atoms with E-state index in [0.29, 0.717) is 0 Å². The third-order valence-electron chi connectivity index (χ3n) is 5.29. The number of rotatable bonds is 7. The Hall–Kier alpha value is -1.00. The minimum atomic E-state index is 0.198. The molecule has 1 aliphatic heterocycles. The van der Waals surface area contributed by atoms with E-state index in [1.807, 2.05) is 11.8 Å².